The Kier molecular flexibility index (Phi) is 6.29. The van der Waals surface area contributed by atoms with E-state index in [9.17, 15) is 19.2 Å². The van der Waals surface area contributed by atoms with Crippen LogP contribution in [0.2, 0.25) is 5.02 Å². The number of benzene rings is 1. The summed E-state index contributed by atoms with van der Waals surface area (Å²) >= 11 is 22.0. The van der Waals surface area contributed by atoms with Crippen LogP contribution < -0.4 is 5.32 Å². The number of hydrogen-bond donors (Lipinski definition) is 1. The van der Waals surface area contributed by atoms with E-state index < -0.39 is 48.7 Å². The number of ether oxygens (including phenoxy) is 1. The molecule has 1 heterocycles. The zero-order chi connectivity index (χ0) is 22.6. The minimum atomic E-state index is -0.848. The van der Waals surface area contributed by atoms with E-state index in [1.54, 1.807) is 19.1 Å². The number of esters is 1. The maximum Gasteiger partial charge on any atom is 0.326 e. The van der Waals surface area contributed by atoms with Gasteiger partial charge in [-0.15, -0.1) is 23.2 Å². The van der Waals surface area contributed by atoms with Gasteiger partial charge in [0.05, 0.1) is 27.6 Å². The summed E-state index contributed by atoms with van der Waals surface area (Å²) in [4.78, 5) is 50.8. The summed E-state index contributed by atoms with van der Waals surface area (Å²) < 4.78 is 5.66. The van der Waals surface area contributed by atoms with Crippen LogP contribution in [0.15, 0.2) is 16.6 Å². The largest absolute Gasteiger partial charge is 0.454 e. The summed E-state index contributed by atoms with van der Waals surface area (Å²) in [6.07, 6.45) is 0.646. The standard InChI is InChI=1S/C20H18BrCl3N2O5/c1-7-11(3-2-10(21)16(7)22)25-12(27)6-31-13(28)5-26-19(29)14-8-4-9(15(14)20(26)30)18(24)17(8)23/h2-3,8-9,14-15,17-18H,4-6H2,1H3,(H,25,27)/t8-,9-,14-,15+,17+,18+/m1/s1. The van der Waals surface area contributed by atoms with Gasteiger partial charge in [0, 0.05) is 10.2 Å². The monoisotopic (exact) mass is 550 g/mol. The first-order valence-electron chi connectivity index (χ1n) is 9.65. The lowest BCUT2D eigenvalue weighted by molar-refractivity contribution is -0.154. The van der Waals surface area contributed by atoms with Crippen molar-refractivity contribution in [2.75, 3.05) is 18.5 Å². The molecule has 3 fully saturated rings. The van der Waals surface area contributed by atoms with Crippen LogP contribution in [0.1, 0.15) is 12.0 Å². The molecule has 1 saturated heterocycles. The van der Waals surface area contributed by atoms with Crippen LogP contribution in [0.4, 0.5) is 5.69 Å². The predicted molar refractivity (Wildman–Crippen MR) is 118 cm³/mol. The van der Waals surface area contributed by atoms with Crippen molar-refractivity contribution in [3.05, 3.63) is 27.2 Å². The van der Waals surface area contributed by atoms with Gasteiger partial charge in [0.1, 0.15) is 6.54 Å². The second kappa shape index (κ2) is 8.54. The van der Waals surface area contributed by atoms with Crippen molar-refractivity contribution in [1.82, 2.24) is 4.90 Å². The maximum atomic E-state index is 12.8. The third kappa shape index (κ3) is 3.86. The molecule has 0 aromatic heterocycles. The van der Waals surface area contributed by atoms with E-state index in [0.29, 0.717) is 27.2 Å². The lowest BCUT2D eigenvalue weighted by Crippen LogP contribution is -2.38. The first-order chi connectivity index (χ1) is 14.6. The first-order valence-corrected chi connectivity index (χ1v) is 11.7. The molecule has 7 nitrogen and oxygen atoms in total. The van der Waals surface area contributed by atoms with Crippen molar-refractivity contribution >= 4 is 80.1 Å². The summed E-state index contributed by atoms with van der Waals surface area (Å²) in [5.41, 5.74) is 1.13. The van der Waals surface area contributed by atoms with Crippen LogP contribution in [-0.2, 0) is 23.9 Å². The van der Waals surface area contributed by atoms with Gasteiger partial charge in [-0.2, -0.15) is 0 Å². The fourth-order valence-electron chi connectivity index (χ4n) is 4.86. The SMILES string of the molecule is Cc1c(NC(=O)COC(=O)CN2C(=O)[C@@H]3[C@H]4C[C@@H]([C@H](Cl)[C@H]4Cl)[C@@H]3C2=O)ccc(Br)c1Cl. The molecule has 31 heavy (non-hydrogen) atoms. The topological polar surface area (TPSA) is 92.8 Å². The van der Waals surface area contributed by atoms with Gasteiger partial charge >= 0.3 is 5.97 Å². The summed E-state index contributed by atoms with van der Waals surface area (Å²) in [6.45, 7) is 0.633. The highest BCUT2D eigenvalue weighted by Crippen LogP contribution is 2.59. The van der Waals surface area contributed by atoms with Gasteiger partial charge in [-0.1, -0.05) is 11.6 Å². The Morgan fingerprint density at radius 1 is 1.16 bits per heavy atom. The van der Waals surface area contributed by atoms with Crippen LogP contribution in [0.5, 0.6) is 0 Å². The van der Waals surface area contributed by atoms with Gasteiger partial charge in [0.25, 0.3) is 5.91 Å². The number of fused-ring (bicyclic) bond motifs is 5. The van der Waals surface area contributed by atoms with Crippen molar-refractivity contribution in [1.29, 1.82) is 0 Å². The number of anilines is 1. The molecular weight excluding hydrogens is 534 g/mol. The summed E-state index contributed by atoms with van der Waals surface area (Å²) in [6, 6.07) is 3.34. The van der Waals surface area contributed by atoms with E-state index in [1.165, 1.54) is 0 Å². The van der Waals surface area contributed by atoms with Crippen molar-refractivity contribution in [3.8, 4) is 0 Å². The summed E-state index contributed by atoms with van der Waals surface area (Å²) in [7, 11) is 0. The van der Waals surface area contributed by atoms with E-state index in [1.807, 2.05) is 0 Å². The van der Waals surface area contributed by atoms with Gasteiger partial charge in [0.15, 0.2) is 6.61 Å². The van der Waals surface area contributed by atoms with Crippen molar-refractivity contribution in [3.63, 3.8) is 0 Å². The summed E-state index contributed by atoms with van der Waals surface area (Å²) in [5.74, 6) is -3.64. The Morgan fingerprint density at radius 3 is 2.32 bits per heavy atom. The zero-order valence-corrected chi connectivity index (χ0v) is 20.1. The number of halogens is 4. The molecule has 3 aliphatic rings. The highest BCUT2D eigenvalue weighted by atomic mass is 79.9. The number of hydrogen-bond acceptors (Lipinski definition) is 5. The molecule has 0 spiro atoms. The Balaban J connectivity index is 1.33. The molecule has 6 atom stereocenters. The molecular formula is C20H18BrCl3N2O5. The van der Waals surface area contributed by atoms with Crippen molar-refractivity contribution in [2.45, 2.75) is 24.1 Å². The number of nitrogens with one attached hydrogen (secondary N) is 1. The number of alkyl halides is 2. The Labute approximate surface area is 201 Å². The summed E-state index contributed by atoms with van der Waals surface area (Å²) in [5, 5.41) is 2.34. The highest BCUT2D eigenvalue weighted by molar-refractivity contribution is 9.10. The highest BCUT2D eigenvalue weighted by Gasteiger charge is 2.66. The number of rotatable bonds is 5. The van der Waals surface area contributed by atoms with E-state index in [-0.39, 0.29) is 22.6 Å². The molecule has 166 valence electrons. The Morgan fingerprint density at radius 2 is 1.74 bits per heavy atom. The molecule has 11 heteroatoms. The van der Waals surface area contributed by atoms with Gasteiger partial charge in [-0.05, 0) is 58.8 Å². The van der Waals surface area contributed by atoms with Crippen LogP contribution in [0.25, 0.3) is 0 Å². The average molecular weight is 553 g/mol. The Bertz CT molecular complexity index is 958. The molecule has 1 aliphatic heterocycles. The smallest absolute Gasteiger partial charge is 0.326 e. The van der Waals surface area contributed by atoms with E-state index in [2.05, 4.69) is 21.2 Å². The molecule has 2 bridgehead atoms. The van der Waals surface area contributed by atoms with Gasteiger partial charge in [-0.25, -0.2) is 0 Å². The third-order valence-electron chi connectivity index (χ3n) is 6.34. The van der Waals surface area contributed by atoms with E-state index >= 15 is 0 Å². The molecule has 1 aromatic rings. The third-order valence-corrected chi connectivity index (χ3v) is 9.04. The molecule has 1 N–H and O–H groups in total. The molecule has 2 aliphatic carbocycles. The van der Waals surface area contributed by atoms with Crippen molar-refractivity contribution < 1.29 is 23.9 Å². The predicted octanol–water partition coefficient (Wildman–Crippen LogP) is 3.36. The molecule has 3 amide bonds. The average Bonchev–Trinajstić information content (AvgIpc) is 3.33. The number of likely N-dealkylation sites (tertiary alicyclic amines) is 1. The lowest BCUT2D eigenvalue weighted by atomic mass is 9.80. The Hall–Kier alpha value is -1.35. The van der Waals surface area contributed by atoms with Crippen LogP contribution in [0.3, 0.4) is 0 Å². The maximum absolute atomic E-state index is 12.8. The number of imide groups is 1. The quantitative estimate of drug-likeness (QED) is 0.344. The molecule has 1 aromatic carbocycles. The minimum Gasteiger partial charge on any atom is -0.454 e. The molecule has 0 unspecified atom stereocenters. The molecule has 2 saturated carbocycles. The number of carbonyl (C=O) groups is 4. The van der Waals surface area contributed by atoms with Gasteiger partial charge in [-0.3, -0.25) is 24.1 Å². The first kappa shape index (κ1) is 22.8. The second-order valence-electron chi connectivity index (χ2n) is 8.01. The number of carbonyl (C=O) groups excluding carboxylic acids is 4. The normalized spacial score (nSPS) is 31.2. The zero-order valence-electron chi connectivity index (χ0n) is 16.2. The fourth-order valence-corrected chi connectivity index (χ4v) is 6.35. The molecule has 0 radical (unpaired) electrons. The number of amides is 3. The minimum absolute atomic E-state index is 0.164. The van der Waals surface area contributed by atoms with E-state index in [4.69, 9.17) is 39.5 Å². The van der Waals surface area contributed by atoms with Crippen LogP contribution in [0, 0.1) is 30.6 Å². The fraction of sp³-hybridized carbons (Fsp3) is 0.500. The van der Waals surface area contributed by atoms with E-state index in [0.717, 1.165) is 4.90 Å². The van der Waals surface area contributed by atoms with Crippen LogP contribution in [-0.4, -0.2) is 52.5 Å². The lowest BCUT2D eigenvalue weighted by Gasteiger charge is -2.28. The van der Waals surface area contributed by atoms with Gasteiger partial charge < -0.3 is 10.1 Å². The molecule has 4 rings (SSSR count). The number of nitrogens with zero attached hydrogens (tertiary/aromatic N) is 1. The van der Waals surface area contributed by atoms with Crippen molar-refractivity contribution in [2.24, 2.45) is 23.7 Å². The second-order valence-corrected chi connectivity index (χ2v) is 10.2. The van der Waals surface area contributed by atoms with Crippen LogP contribution >= 0.6 is 50.7 Å². The van der Waals surface area contributed by atoms with Gasteiger partial charge in [0.2, 0.25) is 11.8 Å².